The molecule has 1 aromatic carbocycles. The summed E-state index contributed by atoms with van der Waals surface area (Å²) in [4.78, 5) is 0. The van der Waals surface area contributed by atoms with Gasteiger partial charge in [0.15, 0.2) is 0 Å². The molecule has 0 saturated carbocycles. The van der Waals surface area contributed by atoms with Gasteiger partial charge in [-0.25, -0.2) is 0 Å². The monoisotopic (exact) mass is 402 g/mol. The standard InChI is InChI=1S/C12H4F13.Li/c13-7(14,6-4-2-1-3-5-6)8(15,16)9(17,18)10(19,20)11(21,22)12(23,24)25;/h2-5H;/q-1;+1. The summed E-state index contributed by atoms with van der Waals surface area (Å²) in [5.74, 6) is -36.9. The van der Waals surface area contributed by atoms with Gasteiger partial charge in [-0.3, -0.25) is 0 Å². The number of alkyl halides is 13. The number of halogens is 13. The Bertz CT molecular complexity index is 605. The maximum atomic E-state index is 13.5. The predicted octanol–water partition coefficient (Wildman–Crippen LogP) is 2.69. The van der Waals surface area contributed by atoms with Gasteiger partial charge < -0.3 is 0 Å². The molecule has 0 amide bonds. The third-order valence-electron chi connectivity index (χ3n) is 3.01. The Morgan fingerprint density at radius 2 is 0.885 bits per heavy atom. The van der Waals surface area contributed by atoms with Crippen LogP contribution in [0.5, 0.6) is 0 Å². The fourth-order valence-corrected chi connectivity index (χ4v) is 1.55. The van der Waals surface area contributed by atoms with Crippen molar-refractivity contribution in [3.63, 3.8) is 0 Å². The smallest absolute Gasteiger partial charge is 0.196 e. The normalized spacial score (nSPS) is 14.8. The van der Waals surface area contributed by atoms with Crippen LogP contribution in [0.15, 0.2) is 24.3 Å². The van der Waals surface area contributed by atoms with Gasteiger partial charge in [-0.1, -0.05) is 5.56 Å². The third kappa shape index (κ3) is 3.28. The molecule has 144 valence electrons. The van der Waals surface area contributed by atoms with Crippen molar-refractivity contribution in [2.45, 2.75) is 35.8 Å². The van der Waals surface area contributed by atoms with Crippen molar-refractivity contribution in [3.8, 4) is 0 Å². The van der Waals surface area contributed by atoms with Gasteiger partial charge in [0.2, 0.25) is 0 Å². The van der Waals surface area contributed by atoms with Crippen molar-refractivity contribution in [2.75, 3.05) is 0 Å². The van der Waals surface area contributed by atoms with E-state index in [9.17, 15) is 57.1 Å². The molecule has 26 heavy (non-hydrogen) atoms. The number of benzene rings is 1. The molecule has 0 unspecified atom stereocenters. The molecule has 0 saturated heterocycles. The quantitative estimate of drug-likeness (QED) is 0.404. The predicted molar refractivity (Wildman–Crippen MR) is 55.0 cm³/mol. The van der Waals surface area contributed by atoms with Crippen LogP contribution in [-0.2, 0) is 5.92 Å². The Kier molecular flexibility index (Phi) is 6.53. The Morgan fingerprint density at radius 1 is 0.538 bits per heavy atom. The molecule has 0 bridgehead atoms. The van der Waals surface area contributed by atoms with Crippen molar-refractivity contribution >= 4 is 0 Å². The van der Waals surface area contributed by atoms with E-state index in [2.05, 4.69) is 0 Å². The van der Waals surface area contributed by atoms with Gasteiger partial charge in [0.25, 0.3) is 0 Å². The fourth-order valence-electron chi connectivity index (χ4n) is 1.55. The van der Waals surface area contributed by atoms with E-state index in [0.29, 0.717) is 12.1 Å². The molecule has 0 radical (unpaired) electrons. The van der Waals surface area contributed by atoms with E-state index >= 15 is 0 Å². The van der Waals surface area contributed by atoms with Gasteiger partial charge in [0.1, 0.15) is 0 Å². The summed E-state index contributed by atoms with van der Waals surface area (Å²) < 4.78 is 167. The molecule has 0 nitrogen and oxygen atoms in total. The molecule has 14 heteroatoms. The molecule has 0 atom stereocenters. The number of rotatable bonds is 5. The van der Waals surface area contributed by atoms with E-state index in [-0.39, 0.29) is 31.0 Å². The van der Waals surface area contributed by atoms with E-state index in [1.807, 2.05) is 6.07 Å². The van der Waals surface area contributed by atoms with Gasteiger partial charge in [0.05, 0.1) is 0 Å². The Balaban J connectivity index is 0.00000625. The van der Waals surface area contributed by atoms with E-state index in [1.165, 1.54) is 0 Å². The molecule has 0 aliphatic rings. The summed E-state index contributed by atoms with van der Waals surface area (Å²) in [5, 5.41) is 0. The molecule has 1 rings (SSSR count). The summed E-state index contributed by atoms with van der Waals surface area (Å²) in [6.07, 6.45) is -7.41. The molecule has 0 heterocycles. The minimum atomic E-state index is -7.88. The van der Waals surface area contributed by atoms with Gasteiger partial charge in [-0.2, -0.15) is 87.4 Å². The van der Waals surface area contributed by atoms with Crippen LogP contribution in [0.3, 0.4) is 0 Å². The molecule has 1 aromatic rings. The Morgan fingerprint density at radius 3 is 1.23 bits per heavy atom. The van der Waals surface area contributed by atoms with Gasteiger partial charge >= 0.3 is 54.6 Å². The van der Waals surface area contributed by atoms with Crippen molar-refractivity contribution in [3.05, 3.63) is 35.9 Å². The number of hydrogen-bond donors (Lipinski definition) is 0. The first-order valence-corrected chi connectivity index (χ1v) is 5.78. The van der Waals surface area contributed by atoms with E-state index < -0.39 is 41.4 Å². The van der Waals surface area contributed by atoms with Crippen LogP contribution in [-0.4, -0.2) is 29.9 Å². The van der Waals surface area contributed by atoms with Crippen LogP contribution in [0.25, 0.3) is 0 Å². The van der Waals surface area contributed by atoms with Crippen LogP contribution in [0.2, 0.25) is 0 Å². The van der Waals surface area contributed by atoms with Gasteiger partial charge in [-0.15, -0.1) is 0 Å². The molecule has 0 aliphatic heterocycles. The summed E-state index contributed by atoms with van der Waals surface area (Å²) in [6, 6.07) is 2.97. The SMILES string of the molecule is FC(F)(F)C(F)(F)C(F)(F)C(F)(F)C(F)(F)C(F)(F)c1cc[c-]cc1.[Li+]. The molecule has 0 aromatic heterocycles. The van der Waals surface area contributed by atoms with Crippen molar-refractivity contribution in [2.24, 2.45) is 0 Å². The average molecular weight is 402 g/mol. The Hall–Kier alpha value is -1.09. The van der Waals surface area contributed by atoms with E-state index in [0.717, 1.165) is 0 Å². The van der Waals surface area contributed by atoms with Crippen molar-refractivity contribution < 1.29 is 75.9 Å². The summed E-state index contributed by atoms with van der Waals surface area (Å²) >= 11 is 0. The minimum Gasteiger partial charge on any atom is -0.196 e. The first-order valence-electron chi connectivity index (χ1n) is 5.78. The third-order valence-corrected chi connectivity index (χ3v) is 3.01. The molecular weight excluding hydrogens is 398 g/mol. The topological polar surface area (TPSA) is 0 Å². The first kappa shape index (κ1) is 24.9. The van der Waals surface area contributed by atoms with Gasteiger partial charge in [-0.05, 0) is 0 Å². The van der Waals surface area contributed by atoms with Crippen LogP contribution in [0, 0.1) is 6.07 Å². The molecule has 0 N–H and O–H groups in total. The summed E-state index contributed by atoms with van der Waals surface area (Å²) in [7, 11) is 0. The molecule has 0 aliphatic carbocycles. The first-order chi connectivity index (χ1) is 10.9. The second-order valence-electron chi connectivity index (χ2n) is 4.66. The maximum absolute atomic E-state index is 13.5. The zero-order valence-electron chi connectivity index (χ0n) is 12.2. The van der Waals surface area contributed by atoms with E-state index in [4.69, 9.17) is 0 Å². The fraction of sp³-hybridized carbons (Fsp3) is 0.500. The summed E-state index contributed by atoms with van der Waals surface area (Å²) in [5.41, 5.74) is -2.03. The van der Waals surface area contributed by atoms with Crippen LogP contribution in [0.4, 0.5) is 57.1 Å². The van der Waals surface area contributed by atoms with Gasteiger partial charge in [0, 0.05) is 0 Å². The van der Waals surface area contributed by atoms with Crippen molar-refractivity contribution in [1.82, 2.24) is 0 Å². The molecular formula is C12H4F13Li. The Labute approximate surface area is 148 Å². The van der Waals surface area contributed by atoms with E-state index in [1.54, 1.807) is 0 Å². The minimum absolute atomic E-state index is 0. The zero-order chi connectivity index (χ0) is 20.1. The second kappa shape index (κ2) is 6.81. The maximum Gasteiger partial charge on any atom is 1.00 e. The zero-order valence-corrected chi connectivity index (χ0v) is 12.2. The number of hydrogen-bond acceptors (Lipinski definition) is 0. The average Bonchev–Trinajstić information content (AvgIpc) is 2.46. The molecule has 0 spiro atoms. The van der Waals surface area contributed by atoms with Crippen molar-refractivity contribution in [1.29, 1.82) is 0 Å². The largest absolute Gasteiger partial charge is 1.00 e. The second-order valence-corrected chi connectivity index (χ2v) is 4.66. The molecule has 0 fully saturated rings. The van der Waals surface area contributed by atoms with Crippen LogP contribution >= 0.6 is 0 Å². The van der Waals surface area contributed by atoms with Crippen LogP contribution in [0.1, 0.15) is 5.56 Å². The van der Waals surface area contributed by atoms with Crippen LogP contribution < -0.4 is 18.9 Å². The summed E-state index contributed by atoms with van der Waals surface area (Å²) in [6.45, 7) is 0.